The molecule has 3 rings (SSSR count). The molecular formula is C21H17F3O. The monoisotopic (exact) mass is 342 g/mol. The molecule has 0 aromatic heterocycles. The van der Waals surface area contributed by atoms with Crippen molar-refractivity contribution in [3.05, 3.63) is 83.9 Å². The van der Waals surface area contributed by atoms with Gasteiger partial charge in [0.2, 0.25) is 5.78 Å². The summed E-state index contributed by atoms with van der Waals surface area (Å²) in [5.74, 6) is -2.88. The van der Waals surface area contributed by atoms with Gasteiger partial charge in [-0.15, -0.1) is 0 Å². The first-order chi connectivity index (χ1) is 12.0. The maximum Gasteiger partial charge on any atom is 0.450 e. The van der Waals surface area contributed by atoms with Gasteiger partial charge in [-0.1, -0.05) is 72.8 Å². The van der Waals surface area contributed by atoms with Crippen molar-refractivity contribution in [3.8, 4) is 0 Å². The lowest BCUT2D eigenvalue weighted by Gasteiger charge is -2.20. The smallest absolute Gasteiger partial charge is 0.289 e. The van der Waals surface area contributed by atoms with Gasteiger partial charge < -0.3 is 0 Å². The van der Waals surface area contributed by atoms with Crippen LogP contribution in [-0.2, 0) is 11.2 Å². The highest BCUT2D eigenvalue weighted by Gasteiger charge is 2.43. The molecule has 1 unspecified atom stereocenters. The maximum atomic E-state index is 13.2. The molecule has 3 aromatic rings. The topological polar surface area (TPSA) is 17.1 Å². The van der Waals surface area contributed by atoms with Crippen molar-refractivity contribution in [2.75, 3.05) is 0 Å². The average molecular weight is 342 g/mol. The fourth-order valence-electron chi connectivity index (χ4n) is 3.14. The Morgan fingerprint density at radius 3 is 2.20 bits per heavy atom. The van der Waals surface area contributed by atoms with Crippen LogP contribution in [0.5, 0.6) is 0 Å². The number of rotatable bonds is 5. The van der Waals surface area contributed by atoms with Crippen molar-refractivity contribution in [2.24, 2.45) is 0 Å². The maximum absolute atomic E-state index is 13.2. The van der Waals surface area contributed by atoms with Gasteiger partial charge in [-0.2, -0.15) is 13.2 Å². The van der Waals surface area contributed by atoms with Crippen molar-refractivity contribution in [3.63, 3.8) is 0 Å². The molecular weight excluding hydrogens is 325 g/mol. The molecule has 0 amide bonds. The Kier molecular flexibility index (Phi) is 4.88. The molecule has 0 heterocycles. The summed E-state index contributed by atoms with van der Waals surface area (Å²) in [6.45, 7) is 0. The van der Waals surface area contributed by atoms with E-state index in [2.05, 4.69) is 0 Å². The molecule has 0 bridgehead atoms. The summed E-state index contributed by atoms with van der Waals surface area (Å²) in [7, 11) is 0. The first-order valence-corrected chi connectivity index (χ1v) is 8.09. The van der Waals surface area contributed by atoms with E-state index in [1.54, 1.807) is 24.3 Å². The molecule has 1 nitrogen and oxygen atoms in total. The Hall–Kier alpha value is -2.62. The predicted molar refractivity (Wildman–Crippen MR) is 92.5 cm³/mol. The number of hydrogen-bond acceptors (Lipinski definition) is 1. The van der Waals surface area contributed by atoms with E-state index < -0.39 is 17.9 Å². The zero-order valence-electron chi connectivity index (χ0n) is 13.5. The number of carbonyl (C=O) groups excluding carboxylic acids is 1. The van der Waals surface area contributed by atoms with E-state index in [0.717, 1.165) is 10.9 Å². The molecule has 0 saturated heterocycles. The van der Waals surface area contributed by atoms with Gasteiger partial charge in [-0.25, -0.2) is 0 Å². The molecule has 1 atom stereocenters. The number of fused-ring (bicyclic) bond motifs is 1. The van der Waals surface area contributed by atoms with Crippen LogP contribution in [0.3, 0.4) is 0 Å². The van der Waals surface area contributed by atoms with Gasteiger partial charge in [0, 0.05) is 0 Å². The molecule has 0 N–H and O–H groups in total. The van der Waals surface area contributed by atoms with Gasteiger partial charge in [0.05, 0.1) is 5.92 Å². The quantitative estimate of drug-likeness (QED) is 0.582. The minimum atomic E-state index is -4.85. The number of carbonyl (C=O) groups is 1. The summed E-state index contributed by atoms with van der Waals surface area (Å²) >= 11 is 0. The van der Waals surface area contributed by atoms with Crippen LogP contribution in [0, 0.1) is 0 Å². The van der Waals surface area contributed by atoms with E-state index >= 15 is 0 Å². The lowest BCUT2D eigenvalue weighted by molar-refractivity contribution is -0.172. The van der Waals surface area contributed by atoms with Crippen LogP contribution < -0.4 is 0 Å². The summed E-state index contributed by atoms with van der Waals surface area (Å²) in [5, 5.41) is 1.53. The Labute approximate surface area is 144 Å². The Bertz CT molecular complexity index is 864. The lowest BCUT2D eigenvalue weighted by atomic mass is 9.85. The highest BCUT2D eigenvalue weighted by atomic mass is 19.4. The third-order valence-corrected chi connectivity index (χ3v) is 4.36. The van der Waals surface area contributed by atoms with Crippen LogP contribution in [0.2, 0.25) is 0 Å². The summed E-state index contributed by atoms with van der Waals surface area (Å²) in [6.07, 6.45) is -4.31. The minimum Gasteiger partial charge on any atom is -0.289 e. The number of aryl methyl sites for hydroxylation is 1. The molecule has 0 aliphatic carbocycles. The fourth-order valence-corrected chi connectivity index (χ4v) is 3.14. The van der Waals surface area contributed by atoms with Crippen LogP contribution in [0.25, 0.3) is 10.8 Å². The standard InChI is InChI=1S/C21H17F3O/c22-21(23,24)20(25)19(14-13-15-7-2-1-3-8-15)18-12-6-10-16-9-4-5-11-17(16)18/h1-12,19H,13-14H2. The molecule has 0 aliphatic heterocycles. The Morgan fingerprint density at radius 2 is 1.48 bits per heavy atom. The highest BCUT2D eigenvalue weighted by Crippen LogP contribution is 2.34. The zero-order chi connectivity index (χ0) is 17.9. The van der Waals surface area contributed by atoms with Crippen molar-refractivity contribution in [1.82, 2.24) is 0 Å². The molecule has 0 spiro atoms. The van der Waals surface area contributed by atoms with Gasteiger partial charge in [0.15, 0.2) is 0 Å². The lowest BCUT2D eigenvalue weighted by Crippen LogP contribution is -2.29. The second-order valence-electron chi connectivity index (χ2n) is 6.01. The molecule has 0 radical (unpaired) electrons. The van der Waals surface area contributed by atoms with Crippen LogP contribution in [0.15, 0.2) is 72.8 Å². The fraction of sp³-hybridized carbons (Fsp3) is 0.190. The molecule has 0 aliphatic rings. The van der Waals surface area contributed by atoms with Crippen molar-refractivity contribution >= 4 is 16.6 Å². The van der Waals surface area contributed by atoms with Crippen LogP contribution in [0.4, 0.5) is 13.2 Å². The van der Waals surface area contributed by atoms with Crippen molar-refractivity contribution < 1.29 is 18.0 Å². The normalized spacial score (nSPS) is 12.9. The second-order valence-corrected chi connectivity index (χ2v) is 6.01. The third-order valence-electron chi connectivity index (χ3n) is 4.36. The molecule has 25 heavy (non-hydrogen) atoms. The first kappa shape index (κ1) is 17.2. The van der Waals surface area contributed by atoms with E-state index in [0.29, 0.717) is 17.4 Å². The Morgan fingerprint density at radius 1 is 0.840 bits per heavy atom. The van der Waals surface area contributed by atoms with Crippen molar-refractivity contribution in [1.29, 1.82) is 0 Å². The summed E-state index contributed by atoms with van der Waals surface area (Å²) in [5.41, 5.74) is 1.36. The van der Waals surface area contributed by atoms with Crippen LogP contribution in [0.1, 0.15) is 23.5 Å². The van der Waals surface area contributed by atoms with Crippen LogP contribution in [-0.4, -0.2) is 12.0 Å². The first-order valence-electron chi connectivity index (χ1n) is 8.09. The van der Waals surface area contributed by atoms with E-state index in [4.69, 9.17) is 0 Å². The van der Waals surface area contributed by atoms with Crippen LogP contribution >= 0.6 is 0 Å². The van der Waals surface area contributed by atoms with Crippen molar-refractivity contribution in [2.45, 2.75) is 24.9 Å². The highest BCUT2D eigenvalue weighted by molar-refractivity contribution is 5.96. The minimum absolute atomic E-state index is 0.121. The summed E-state index contributed by atoms with van der Waals surface area (Å²) in [6, 6.07) is 21.6. The second kappa shape index (κ2) is 7.09. The molecule has 3 aromatic carbocycles. The van der Waals surface area contributed by atoms with E-state index in [9.17, 15) is 18.0 Å². The zero-order valence-corrected chi connectivity index (χ0v) is 13.5. The van der Waals surface area contributed by atoms with Gasteiger partial charge >= 0.3 is 6.18 Å². The summed E-state index contributed by atoms with van der Waals surface area (Å²) in [4.78, 5) is 12.1. The van der Waals surface area contributed by atoms with Gasteiger partial charge in [-0.05, 0) is 34.7 Å². The largest absolute Gasteiger partial charge is 0.450 e. The molecule has 0 fully saturated rings. The van der Waals surface area contributed by atoms with Gasteiger partial charge in [0.1, 0.15) is 0 Å². The Balaban J connectivity index is 1.99. The number of alkyl halides is 3. The number of halogens is 3. The van der Waals surface area contributed by atoms with Gasteiger partial charge in [0.25, 0.3) is 0 Å². The number of ketones is 1. The molecule has 128 valence electrons. The third kappa shape index (κ3) is 3.90. The predicted octanol–water partition coefficient (Wildman–Crippen LogP) is 5.69. The van der Waals surface area contributed by atoms with E-state index in [-0.39, 0.29) is 6.42 Å². The van der Waals surface area contributed by atoms with Gasteiger partial charge in [-0.3, -0.25) is 4.79 Å². The van der Waals surface area contributed by atoms with E-state index in [1.807, 2.05) is 48.5 Å². The number of Topliss-reactive ketones (excluding diaryl/α,β-unsaturated/α-hetero) is 1. The number of benzene rings is 3. The summed E-state index contributed by atoms with van der Waals surface area (Å²) < 4.78 is 39.5. The van der Waals surface area contributed by atoms with E-state index in [1.165, 1.54) is 0 Å². The molecule has 0 saturated carbocycles. The molecule has 4 heteroatoms. The number of hydrogen-bond donors (Lipinski definition) is 0. The SMILES string of the molecule is O=C(C(CCc1ccccc1)c1cccc2ccccc12)C(F)(F)F. The average Bonchev–Trinajstić information content (AvgIpc) is 2.62.